The molecule has 0 saturated heterocycles. The molecule has 1 heteroatoms. The largest absolute Gasteiger partial charge is 0.309 e. The van der Waals surface area contributed by atoms with Crippen molar-refractivity contribution in [1.29, 1.82) is 0 Å². The van der Waals surface area contributed by atoms with Crippen LogP contribution in [0.4, 0.5) is 17.1 Å². The van der Waals surface area contributed by atoms with Crippen LogP contribution in [0.3, 0.4) is 0 Å². The van der Waals surface area contributed by atoms with Gasteiger partial charge < -0.3 is 4.90 Å². The van der Waals surface area contributed by atoms with Gasteiger partial charge in [-0.1, -0.05) is 232 Å². The molecular weight excluding hydrogens is 795 g/mol. The molecule has 11 aromatic rings. The molecule has 11 aromatic carbocycles. The number of hydrogen-bond donors (Lipinski definition) is 0. The van der Waals surface area contributed by atoms with Gasteiger partial charge in [-0.2, -0.15) is 0 Å². The fourth-order valence-electron chi connectivity index (χ4n) is 10.5. The van der Waals surface area contributed by atoms with E-state index in [1.165, 1.54) is 105 Å². The normalized spacial score (nSPS) is 12.5. The Labute approximate surface area is 387 Å². The van der Waals surface area contributed by atoms with E-state index in [0.29, 0.717) is 0 Å². The number of benzene rings is 11. The van der Waals surface area contributed by atoms with Crippen LogP contribution >= 0.6 is 0 Å². The van der Waals surface area contributed by atoms with E-state index in [-0.39, 0.29) is 5.41 Å². The molecule has 0 radical (unpaired) electrons. The fourth-order valence-corrected chi connectivity index (χ4v) is 10.5. The van der Waals surface area contributed by atoms with Crippen LogP contribution in [-0.2, 0) is 5.41 Å². The van der Waals surface area contributed by atoms with Crippen LogP contribution < -0.4 is 4.90 Å². The van der Waals surface area contributed by atoms with E-state index in [1.54, 1.807) is 0 Å². The molecule has 0 atom stereocenters. The summed E-state index contributed by atoms with van der Waals surface area (Å²) in [4.78, 5) is 2.53. The lowest BCUT2D eigenvalue weighted by molar-refractivity contribution is 0.660. The zero-order chi connectivity index (χ0) is 44.2. The molecule has 0 aliphatic heterocycles. The van der Waals surface area contributed by atoms with Crippen molar-refractivity contribution in [3.63, 3.8) is 0 Å². The van der Waals surface area contributed by atoms with Gasteiger partial charge in [0.2, 0.25) is 0 Å². The molecule has 0 N–H and O–H groups in total. The Hall–Kier alpha value is -8.26. The summed E-state index contributed by atoms with van der Waals surface area (Å²) in [5, 5.41) is 4.91. The lowest BCUT2D eigenvalue weighted by atomic mass is 9.82. The molecule has 1 aliphatic carbocycles. The topological polar surface area (TPSA) is 3.24 Å². The molecule has 0 bridgehead atoms. The van der Waals surface area contributed by atoms with E-state index >= 15 is 0 Å². The summed E-state index contributed by atoms with van der Waals surface area (Å²) in [5.74, 6) is 0. The van der Waals surface area contributed by atoms with Crippen molar-refractivity contribution in [1.82, 2.24) is 0 Å². The summed E-state index contributed by atoms with van der Waals surface area (Å²) in [6.45, 7) is 4.74. The van der Waals surface area contributed by atoms with Gasteiger partial charge in [0, 0.05) is 27.7 Å². The van der Waals surface area contributed by atoms with Gasteiger partial charge in [0.25, 0.3) is 0 Å². The summed E-state index contributed by atoms with van der Waals surface area (Å²) in [6, 6.07) is 91.5. The second kappa shape index (κ2) is 16.1. The van der Waals surface area contributed by atoms with Crippen LogP contribution in [0.2, 0.25) is 0 Å². The molecular formula is C65H47N. The van der Waals surface area contributed by atoms with Gasteiger partial charge in [-0.3, -0.25) is 0 Å². The smallest absolute Gasteiger partial charge is 0.0624 e. The van der Waals surface area contributed by atoms with E-state index in [0.717, 1.165) is 11.4 Å². The fraction of sp³-hybridized carbons (Fsp3) is 0.0462. The first-order chi connectivity index (χ1) is 32.5. The van der Waals surface area contributed by atoms with Crippen molar-refractivity contribution < 1.29 is 0 Å². The van der Waals surface area contributed by atoms with Gasteiger partial charge in [0.05, 0.1) is 5.69 Å². The predicted molar refractivity (Wildman–Crippen MR) is 281 cm³/mol. The standard InChI is InChI=1S/C65H47N/c1-65(2)61-27-14-13-24-57(61)58-41-40-54(43-62(58)65)66(53-38-36-48(37-39-53)47-28-30-49(31-29-47)52-21-15-20-51(42-52)45-18-7-4-8-19-45)64-60-26-12-10-23-56(60)55-22-9-11-25-59(55)63(64)50-34-32-46(33-35-50)44-16-5-3-6-17-44/h3-43H,1-2H3. The number of hydrogen-bond acceptors (Lipinski definition) is 1. The Balaban J connectivity index is 1.03. The van der Waals surface area contributed by atoms with Gasteiger partial charge in [-0.25, -0.2) is 0 Å². The van der Waals surface area contributed by atoms with Gasteiger partial charge in [0.1, 0.15) is 0 Å². The molecule has 0 saturated carbocycles. The number of rotatable bonds is 8. The van der Waals surface area contributed by atoms with Crippen molar-refractivity contribution in [3.8, 4) is 66.8 Å². The van der Waals surface area contributed by atoms with Crippen molar-refractivity contribution in [3.05, 3.63) is 260 Å². The minimum Gasteiger partial charge on any atom is -0.309 e. The van der Waals surface area contributed by atoms with Crippen LogP contribution in [0.5, 0.6) is 0 Å². The molecule has 1 nitrogen and oxygen atoms in total. The summed E-state index contributed by atoms with van der Waals surface area (Å²) in [6.07, 6.45) is 0. The van der Waals surface area contributed by atoms with Gasteiger partial charge in [-0.05, 0) is 119 Å². The first-order valence-electron chi connectivity index (χ1n) is 23.0. The Bertz CT molecular complexity index is 3570. The Morgan fingerprint density at radius 1 is 0.273 bits per heavy atom. The third-order valence-electron chi connectivity index (χ3n) is 13.9. The van der Waals surface area contributed by atoms with Gasteiger partial charge >= 0.3 is 0 Å². The number of anilines is 3. The molecule has 0 spiro atoms. The molecule has 1 aliphatic rings. The average molecular weight is 842 g/mol. The van der Waals surface area contributed by atoms with E-state index in [1.807, 2.05) is 0 Å². The molecule has 0 fully saturated rings. The highest BCUT2D eigenvalue weighted by Crippen LogP contribution is 2.53. The number of fused-ring (bicyclic) bond motifs is 6. The lowest BCUT2D eigenvalue weighted by Crippen LogP contribution is -2.17. The Kier molecular flexibility index (Phi) is 9.58. The van der Waals surface area contributed by atoms with Crippen molar-refractivity contribution in [2.24, 2.45) is 0 Å². The zero-order valence-corrected chi connectivity index (χ0v) is 37.1. The molecule has 12 rings (SSSR count). The second-order valence-corrected chi connectivity index (χ2v) is 18.1. The molecule has 66 heavy (non-hydrogen) atoms. The van der Waals surface area contributed by atoms with E-state index in [9.17, 15) is 0 Å². The minimum atomic E-state index is -0.159. The molecule has 0 unspecified atom stereocenters. The highest BCUT2D eigenvalue weighted by molar-refractivity contribution is 6.22. The molecule has 0 heterocycles. The van der Waals surface area contributed by atoms with Crippen LogP contribution in [0.1, 0.15) is 25.0 Å². The Morgan fingerprint density at radius 2 is 0.682 bits per heavy atom. The summed E-state index contributed by atoms with van der Waals surface area (Å²) in [7, 11) is 0. The second-order valence-electron chi connectivity index (χ2n) is 18.1. The van der Waals surface area contributed by atoms with Crippen LogP contribution in [-0.4, -0.2) is 0 Å². The monoisotopic (exact) mass is 841 g/mol. The third-order valence-corrected chi connectivity index (χ3v) is 13.9. The number of nitrogens with zero attached hydrogens (tertiary/aromatic N) is 1. The maximum Gasteiger partial charge on any atom is 0.0624 e. The van der Waals surface area contributed by atoms with E-state index in [2.05, 4.69) is 267 Å². The maximum atomic E-state index is 2.53. The van der Waals surface area contributed by atoms with Crippen molar-refractivity contribution in [2.45, 2.75) is 19.3 Å². The molecule has 0 amide bonds. The summed E-state index contributed by atoms with van der Waals surface area (Å²) in [5.41, 5.74) is 20.6. The highest BCUT2D eigenvalue weighted by Gasteiger charge is 2.36. The van der Waals surface area contributed by atoms with Crippen molar-refractivity contribution >= 4 is 38.6 Å². The summed E-state index contributed by atoms with van der Waals surface area (Å²) < 4.78 is 0. The van der Waals surface area contributed by atoms with Crippen LogP contribution in [0, 0.1) is 0 Å². The molecule has 312 valence electrons. The SMILES string of the molecule is CC1(C)c2ccccc2-c2ccc(N(c3ccc(-c4ccc(-c5cccc(-c6ccccc6)c5)cc4)cc3)c3c(-c4ccc(-c5ccccc5)cc4)c4ccccc4c4ccccc34)cc21. The highest BCUT2D eigenvalue weighted by atomic mass is 15.1. The first kappa shape index (κ1) is 39.3. The van der Waals surface area contributed by atoms with E-state index in [4.69, 9.17) is 0 Å². The zero-order valence-electron chi connectivity index (χ0n) is 37.1. The lowest BCUT2D eigenvalue weighted by Gasteiger charge is -2.32. The summed E-state index contributed by atoms with van der Waals surface area (Å²) >= 11 is 0. The predicted octanol–water partition coefficient (Wildman–Crippen LogP) is 18.1. The minimum absolute atomic E-state index is 0.159. The van der Waals surface area contributed by atoms with Crippen molar-refractivity contribution in [2.75, 3.05) is 4.90 Å². The van der Waals surface area contributed by atoms with Crippen LogP contribution in [0.15, 0.2) is 249 Å². The van der Waals surface area contributed by atoms with Gasteiger partial charge in [-0.15, -0.1) is 0 Å². The first-order valence-corrected chi connectivity index (χ1v) is 23.0. The van der Waals surface area contributed by atoms with Gasteiger partial charge in [0.15, 0.2) is 0 Å². The quantitative estimate of drug-likeness (QED) is 0.138. The maximum absolute atomic E-state index is 2.53. The molecule has 0 aromatic heterocycles. The average Bonchev–Trinajstić information content (AvgIpc) is 3.62. The van der Waals surface area contributed by atoms with Crippen LogP contribution in [0.25, 0.3) is 88.3 Å². The Morgan fingerprint density at radius 3 is 1.30 bits per heavy atom. The third kappa shape index (κ3) is 6.71. The van der Waals surface area contributed by atoms with E-state index < -0.39 is 0 Å².